The van der Waals surface area contributed by atoms with Crippen molar-refractivity contribution in [1.29, 1.82) is 0 Å². The summed E-state index contributed by atoms with van der Waals surface area (Å²) in [5.41, 5.74) is 2.13. The maximum atomic E-state index is 8.86. The van der Waals surface area contributed by atoms with Gasteiger partial charge in [0.25, 0.3) is 0 Å². The summed E-state index contributed by atoms with van der Waals surface area (Å²) in [6.45, 7) is 0.172. The fourth-order valence-corrected chi connectivity index (χ4v) is 1.31. The molecule has 1 nitrogen and oxygen atoms in total. The van der Waals surface area contributed by atoms with Gasteiger partial charge in [0.2, 0.25) is 0 Å². The molecule has 0 aliphatic heterocycles. The van der Waals surface area contributed by atoms with Crippen molar-refractivity contribution in [1.82, 2.24) is 0 Å². The van der Waals surface area contributed by atoms with Crippen LogP contribution in [-0.2, 0) is 6.42 Å². The molecule has 0 fully saturated rings. The lowest BCUT2D eigenvalue weighted by atomic mass is 10.1. The zero-order valence-electron chi connectivity index (χ0n) is 8.03. The van der Waals surface area contributed by atoms with Crippen LogP contribution in [0.4, 0.5) is 0 Å². The first-order chi connectivity index (χ1) is 6.88. The Labute approximate surface area is 90.6 Å². The SMILES string of the molecule is OCCc1ccccc1C#CCCS. The second-order valence-corrected chi connectivity index (χ2v) is 3.35. The van der Waals surface area contributed by atoms with E-state index in [0.717, 1.165) is 23.3 Å². The third-order valence-corrected chi connectivity index (χ3v) is 2.08. The molecule has 0 aliphatic carbocycles. The Bertz CT molecular complexity index is 336. The number of benzene rings is 1. The second-order valence-electron chi connectivity index (χ2n) is 2.91. The summed E-state index contributed by atoms with van der Waals surface area (Å²) < 4.78 is 0. The van der Waals surface area contributed by atoms with E-state index in [9.17, 15) is 0 Å². The number of rotatable bonds is 3. The van der Waals surface area contributed by atoms with Gasteiger partial charge in [-0.05, 0) is 18.1 Å². The van der Waals surface area contributed by atoms with E-state index in [0.29, 0.717) is 6.42 Å². The van der Waals surface area contributed by atoms with E-state index in [2.05, 4.69) is 24.5 Å². The predicted octanol–water partition coefficient (Wildman–Crippen LogP) is 1.89. The average molecular weight is 206 g/mol. The molecule has 0 bridgehead atoms. The third-order valence-electron chi connectivity index (χ3n) is 1.86. The van der Waals surface area contributed by atoms with Crippen LogP contribution < -0.4 is 0 Å². The fraction of sp³-hybridized carbons (Fsp3) is 0.333. The predicted molar refractivity (Wildman–Crippen MR) is 62.6 cm³/mol. The minimum absolute atomic E-state index is 0.172. The van der Waals surface area contributed by atoms with Crippen molar-refractivity contribution in [3.63, 3.8) is 0 Å². The van der Waals surface area contributed by atoms with Crippen molar-refractivity contribution in [2.45, 2.75) is 12.8 Å². The van der Waals surface area contributed by atoms with Crippen LogP contribution in [0.2, 0.25) is 0 Å². The Hall–Kier alpha value is -0.910. The molecule has 0 saturated carbocycles. The molecule has 14 heavy (non-hydrogen) atoms. The van der Waals surface area contributed by atoms with Gasteiger partial charge in [0, 0.05) is 24.3 Å². The summed E-state index contributed by atoms with van der Waals surface area (Å²) in [6.07, 6.45) is 1.47. The van der Waals surface area contributed by atoms with E-state index in [-0.39, 0.29) is 6.61 Å². The summed E-state index contributed by atoms with van der Waals surface area (Å²) >= 11 is 4.09. The topological polar surface area (TPSA) is 20.2 Å². The largest absolute Gasteiger partial charge is 0.396 e. The number of aliphatic hydroxyl groups is 1. The lowest BCUT2D eigenvalue weighted by molar-refractivity contribution is 0.299. The van der Waals surface area contributed by atoms with Crippen molar-refractivity contribution < 1.29 is 5.11 Å². The molecule has 2 heteroatoms. The minimum atomic E-state index is 0.172. The van der Waals surface area contributed by atoms with E-state index in [1.165, 1.54) is 0 Å². The summed E-state index contributed by atoms with van der Waals surface area (Å²) in [7, 11) is 0. The van der Waals surface area contributed by atoms with Crippen molar-refractivity contribution in [3.05, 3.63) is 35.4 Å². The van der Waals surface area contributed by atoms with E-state index in [4.69, 9.17) is 5.11 Å². The van der Waals surface area contributed by atoms with Crippen molar-refractivity contribution in [3.8, 4) is 11.8 Å². The van der Waals surface area contributed by atoms with Crippen molar-refractivity contribution >= 4 is 12.6 Å². The first-order valence-corrected chi connectivity index (χ1v) is 5.30. The molecule has 0 heterocycles. The van der Waals surface area contributed by atoms with Gasteiger partial charge in [-0.1, -0.05) is 30.0 Å². The molecule has 1 aromatic carbocycles. The van der Waals surface area contributed by atoms with E-state index >= 15 is 0 Å². The van der Waals surface area contributed by atoms with Crippen LogP contribution in [0, 0.1) is 11.8 Å². The molecule has 1 N–H and O–H groups in total. The van der Waals surface area contributed by atoms with Gasteiger partial charge in [0.15, 0.2) is 0 Å². The van der Waals surface area contributed by atoms with Crippen LogP contribution in [0.3, 0.4) is 0 Å². The lowest BCUT2D eigenvalue weighted by Crippen LogP contribution is -1.93. The number of thiol groups is 1. The molecule has 0 spiro atoms. The van der Waals surface area contributed by atoms with Gasteiger partial charge in [0.05, 0.1) is 0 Å². The summed E-state index contributed by atoms with van der Waals surface area (Å²) in [6, 6.07) is 7.91. The molecule has 0 amide bonds. The molecule has 0 saturated heterocycles. The molecule has 0 atom stereocenters. The molecule has 1 rings (SSSR count). The highest BCUT2D eigenvalue weighted by atomic mass is 32.1. The highest BCUT2D eigenvalue weighted by Gasteiger charge is 1.96. The van der Waals surface area contributed by atoms with Gasteiger partial charge in [-0.15, -0.1) is 0 Å². The van der Waals surface area contributed by atoms with E-state index in [1.807, 2.05) is 24.3 Å². The molecular formula is C12H14OS. The molecule has 0 unspecified atom stereocenters. The zero-order valence-corrected chi connectivity index (χ0v) is 8.93. The molecule has 0 radical (unpaired) electrons. The Kier molecular flexibility index (Phi) is 5.21. The Morgan fingerprint density at radius 2 is 2.07 bits per heavy atom. The maximum absolute atomic E-state index is 8.86. The van der Waals surface area contributed by atoms with E-state index in [1.54, 1.807) is 0 Å². The first kappa shape index (κ1) is 11.2. The number of aliphatic hydroxyl groups excluding tert-OH is 1. The average Bonchev–Trinajstić information content (AvgIpc) is 2.21. The molecule has 0 aromatic heterocycles. The smallest absolute Gasteiger partial charge is 0.0471 e. The van der Waals surface area contributed by atoms with Crippen LogP contribution in [0.25, 0.3) is 0 Å². The second kappa shape index (κ2) is 6.53. The molecular weight excluding hydrogens is 192 g/mol. The quantitative estimate of drug-likeness (QED) is 0.571. The zero-order chi connectivity index (χ0) is 10.2. The highest BCUT2D eigenvalue weighted by Crippen LogP contribution is 2.07. The molecule has 1 aromatic rings. The Morgan fingerprint density at radius 3 is 2.79 bits per heavy atom. The van der Waals surface area contributed by atoms with Gasteiger partial charge in [-0.25, -0.2) is 0 Å². The van der Waals surface area contributed by atoms with Crippen LogP contribution >= 0.6 is 12.6 Å². The van der Waals surface area contributed by atoms with Crippen LogP contribution in [0.5, 0.6) is 0 Å². The molecule has 74 valence electrons. The Morgan fingerprint density at radius 1 is 1.29 bits per heavy atom. The van der Waals surface area contributed by atoms with Gasteiger partial charge in [-0.3, -0.25) is 0 Å². The van der Waals surface area contributed by atoms with Gasteiger partial charge in [-0.2, -0.15) is 12.6 Å². The van der Waals surface area contributed by atoms with Crippen LogP contribution in [0.1, 0.15) is 17.5 Å². The van der Waals surface area contributed by atoms with Gasteiger partial charge < -0.3 is 5.11 Å². The van der Waals surface area contributed by atoms with Crippen LogP contribution in [0.15, 0.2) is 24.3 Å². The minimum Gasteiger partial charge on any atom is -0.396 e. The van der Waals surface area contributed by atoms with E-state index < -0.39 is 0 Å². The highest BCUT2D eigenvalue weighted by molar-refractivity contribution is 7.80. The third kappa shape index (κ3) is 3.45. The molecule has 0 aliphatic rings. The Balaban J connectivity index is 2.80. The fourth-order valence-electron chi connectivity index (χ4n) is 1.19. The van der Waals surface area contributed by atoms with Crippen molar-refractivity contribution in [2.75, 3.05) is 12.4 Å². The lowest BCUT2D eigenvalue weighted by Gasteiger charge is -2.00. The van der Waals surface area contributed by atoms with Gasteiger partial charge >= 0.3 is 0 Å². The summed E-state index contributed by atoms with van der Waals surface area (Å²) in [5, 5.41) is 8.86. The first-order valence-electron chi connectivity index (χ1n) is 4.67. The van der Waals surface area contributed by atoms with Crippen LogP contribution in [-0.4, -0.2) is 17.5 Å². The number of hydrogen-bond donors (Lipinski definition) is 2. The maximum Gasteiger partial charge on any atom is 0.0471 e. The number of hydrogen-bond acceptors (Lipinski definition) is 2. The van der Waals surface area contributed by atoms with Crippen molar-refractivity contribution in [2.24, 2.45) is 0 Å². The summed E-state index contributed by atoms with van der Waals surface area (Å²) in [5.74, 6) is 6.92. The normalized spacial score (nSPS) is 9.29. The van der Waals surface area contributed by atoms with Gasteiger partial charge in [0.1, 0.15) is 0 Å². The monoisotopic (exact) mass is 206 g/mol. The summed E-state index contributed by atoms with van der Waals surface area (Å²) in [4.78, 5) is 0. The standard InChI is InChI=1S/C12H14OS/c13-9-8-12-6-2-1-5-11(12)7-3-4-10-14/h1-2,5-6,13-14H,4,8-10H2.